The van der Waals surface area contributed by atoms with Crippen LogP contribution in [0, 0.1) is 11.3 Å². The van der Waals surface area contributed by atoms with Crippen LogP contribution in [0.25, 0.3) is 22.0 Å². The molecule has 3 heterocycles. The fourth-order valence-electron chi connectivity index (χ4n) is 6.59. The van der Waals surface area contributed by atoms with Crippen molar-refractivity contribution in [3.63, 3.8) is 0 Å². The van der Waals surface area contributed by atoms with Crippen molar-refractivity contribution in [3.8, 4) is 27.7 Å². The van der Waals surface area contributed by atoms with Gasteiger partial charge in [0.15, 0.2) is 0 Å². The number of benzene rings is 1. The lowest BCUT2D eigenvalue weighted by molar-refractivity contribution is -0.142. The summed E-state index contributed by atoms with van der Waals surface area (Å²) in [5.41, 5.74) is -0.612. The summed E-state index contributed by atoms with van der Waals surface area (Å²) in [5, 5.41) is 17.0. The number of nitrogens with zero attached hydrogens (tertiary/aromatic N) is 5. The van der Waals surface area contributed by atoms with Crippen molar-refractivity contribution < 1.29 is 37.1 Å². The Hall–Kier alpha value is -4.84. The van der Waals surface area contributed by atoms with Crippen molar-refractivity contribution in [2.45, 2.75) is 95.3 Å². The number of carbonyl (C=O) groups is 4. The van der Waals surface area contributed by atoms with Crippen molar-refractivity contribution in [3.05, 3.63) is 48.5 Å². The highest BCUT2D eigenvalue weighted by molar-refractivity contribution is 7.91. The predicted octanol–water partition coefficient (Wildman–Crippen LogP) is 3.44. The van der Waals surface area contributed by atoms with E-state index in [9.17, 15) is 27.6 Å². The third-order valence-electron chi connectivity index (χ3n) is 9.79. The minimum Gasteiger partial charge on any atom is -0.497 e. The van der Waals surface area contributed by atoms with E-state index in [1.807, 2.05) is 17.5 Å². The van der Waals surface area contributed by atoms with Gasteiger partial charge in [0.05, 0.1) is 24.5 Å². The normalized spacial score (nSPS) is 23.0. The molecule has 3 fully saturated rings. The van der Waals surface area contributed by atoms with E-state index in [-0.39, 0.29) is 19.4 Å². The van der Waals surface area contributed by atoms with Gasteiger partial charge in [-0.05, 0) is 62.8 Å². The number of thiazole rings is 1. The molecular weight excluding hydrogens is 737 g/mol. The van der Waals surface area contributed by atoms with E-state index in [4.69, 9.17) is 19.7 Å². The van der Waals surface area contributed by atoms with E-state index in [2.05, 4.69) is 26.9 Å². The lowest BCUT2D eigenvalue weighted by Gasteiger charge is -2.35. The molecule has 0 unspecified atom stereocenters. The Bertz CT molecular complexity index is 2020. The first-order valence-corrected chi connectivity index (χ1v) is 20.2. The van der Waals surface area contributed by atoms with Gasteiger partial charge in [0.2, 0.25) is 21.8 Å². The maximum atomic E-state index is 14.6. The zero-order valence-electron chi connectivity index (χ0n) is 31.1. The summed E-state index contributed by atoms with van der Waals surface area (Å²) in [6.45, 7) is 12.5. The van der Waals surface area contributed by atoms with E-state index in [0.29, 0.717) is 35.0 Å². The Labute approximate surface area is 318 Å². The second kappa shape index (κ2) is 14.8. The van der Waals surface area contributed by atoms with E-state index >= 15 is 0 Å². The van der Waals surface area contributed by atoms with Gasteiger partial charge in [-0.1, -0.05) is 26.8 Å². The number of amides is 4. The van der Waals surface area contributed by atoms with E-state index in [1.54, 1.807) is 60.1 Å². The van der Waals surface area contributed by atoms with Crippen molar-refractivity contribution in [2.75, 3.05) is 13.7 Å². The summed E-state index contributed by atoms with van der Waals surface area (Å²) in [7, 11) is -2.34. The van der Waals surface area contributed by atoms with Gasteiger partial charge in [0.25, 0.3) is 5.91 Å². The van der Waals surface area contributed by atoms with Crippen LogP contribution in [-0.4, -0.2) is 99.7 Å². The molecule has 54 heavy (non-hydrogen) atoms. The van der Waals surface area contributed by atoms with Crippen LogP contribution in [0.1, 0.15) is 66.3 Å². The molecule has 3 aromatic rings. The van der Waals surface area contributed by atoms with Crippen LogP contribution in [0.3, 0.4) is 0 Å². The molecule has 1 aliphatic heterocycles. The SMILES string of the molecule is C=C[C@@H]1C[C@]1(NC(=O)[C@@H]1C[C@@H](n2nc(-c3ccc(OC)cc3)c(-c3nccs3)n2)CN1C(=O)[C@@H](NC(=O)OC(C)C)C(C)(C)C)C(=O)NS(=O)(=O)C1CC1. The van der Waals surface area contributed by atoms with Crippen LogP contribution in [0.2, 0.25) is 0 Å². The highest BCUT2D eigenvalue weighted by atomic mass is 32.2. The monoisotopic (exact) mass is 782 g/mol. The molecule has 18 heteroatoms. The maximum absolute atomic E-state index is 14.6. The van der Waals surface area contributed by atoms with Crippen molar-refractivity contribution in [1.82, 2.24) is 40.2 Å². The molecule has 3 aliphatic rings. The average Bonchev–Trinajstić information content (AvgIpc) is 3.88. The van der Waals surface area contributed by atoms with Crippen LogP contribution < -0.4 is 20.1 Å². The molecule has 5 atom stereocenters. The summed E-state index contributed by atoms with van der Waals surface area (Å²) in [6, 6.07) is 4.39. The van der Waals surface area contributed by atoms with Crippen LogP contribution >= 0.6 is 11.3 Å². The molecule has 2 saturated carbocycles. The van der Waals surface area contributed by atoms with E-state index in [0.717, 1.165) is 5.56 Å². The van der Waals surface area contributed by atoms with Crippen LogP contribution in [0.4, 0.5) is 4.79 Å². The summed E-state index contributed by atoms with van der Waals surface area (Å²) in [4.78, 5) is 62.7. The lowest BCUT2D eigenvalue weighted by atomic mass is 9.85. The zero-order chi connectivity index (χ0) is 39.2. The summed E-state index contributed by atoms with van der Waals surface area (Å²) in [6.07, 6.45) is 2.99. The lowest BCUT2D eigenvalue weighted by Crippen LogP contribution is -2.60. The van der Waals surface area contributed by atoms with Gasteiger partial charge in [-0.25, -0.2) is 18.2 Å². The zero-order valence-corrected chi connectivity index (χ0v) is 32.7. The smallest absolute Gasteiger partial charge is 0.408 e. The Morgan fingerprint density at radius 3 is 2.33 bits per heavy atom. The fourth-order valence-corrected chi connectivity index (χ4v) is 8.57. The number of likely N-dealkylation sites (tertiary alicyclic amines) is 1. The number of sulfonamides is 1. The Balaban J connectivity index is 1.35. The van der Waals surface area contributed by atoms with Gasteiger partial charge in [-0.2, -0.15) is 9.90 Å². The number of carbonyl (C=O) groups excluding carboxylic acids is 4. The number of nitrogens with one attached hydrogen (secondary N) is 3. The van der Waals surface area contributed by atoms with Crippen molar-refractivity contribution in [2.24, 2.45) is 11.3 Å². The Kier molecular flexibility index (Phi) is 10.6. The third-order valence-corrected chi connectivity index (χ3v) is 12.4. The number of hydrogen-bond donors (Lipinski definition) is 3. The number of rotatable bonds is 13. The molecule has 290 valence electrons. The standard InChI is InChI=1S/C36H46N8O8S2/c1-8-22-18-36(22,33(47)42-54(49,50)25-13-14-25)39-30(45)26-17-23(19-43(26)32(46)29(35(4,5)6)38-34(48)52-20(2)3)44-40-27(21-9-11-24(51-7)12-10-21)28(41-44)31-37-15-16-53-31/h8-12,15-16,20,22-23,25-26,29H,1,13-14,17-19H2,2-7H3,(H,38,48)(H,39,45)(H,42,47)/t22-,23-,26+,29-,36-/m1/s1. The van der Waals surface area contributed by atoms with Crippen LogP contribution in [0.15, 0.2) is 48.5 Å². The van der Waals surface area contributed by atoms with E-state index < -0.39 is 80.2 Å². The van der Waals surface area contributed by atoms with Crippen LogP contribution in [-0.2, 0) is 29.1 Å². The number of methoxy groups -OCH3 is 1. The molecule has 3 N–H and O–H groups in total. The molecular formula is C36H46N8O8S2. The highest BCUT2D eigenvalue weighted by Crippen LogP contribution is 2.46. The van der Waals surface area contributed by atoms with Gasteiger partial charge < -0.3 is 25.0 Å². The number of aromatic nitrogens is 4. The molecule has 0 radical (unpaired) electrons. The van der Waals surface area contributed by atoms with Gasteiger partial charge >= 0.3 is 6.09 Å². The second-order valence-corrected chi connectivity index (χ2v) is 18.1. The van der Waals surface area contributed by atoms with E-state index in [1.165, 1.54) is 27.1 Å². The fraction of sp³-hybridized carbons (Fsp3) is 0.528. The third kappa shape index (κ3) is 7.99. The molecule has 2 aliphatic carbocycles. The van der Waals surface area contributed by atoms with Gasteiger partial charge in [-0.15, -0.1) is 23.0 Å². The first-order valence-electron chi connectivity index (χ1n) is 17.8. The van der Waals surface area contributed by atoms with Crippen molar-refractivity contribution >= 4 is 45.2 Å². The summed E-state index contributed by atoms with van der Waals surface area (Å²) in [5.74, 6) is -1.95. The predicted molar refractivity (Wildman–Crippen MR) is 200 cm³/mol. The van der Waals surface area contributed by atoms with Crippen LogP contribution in [0.5, 0.6) is 5.75 Å². The minimum atomic E-state index is -3.91. The average molecular weight is 783 g/mol. The van der Waals surface area contributed by atoms with Crippen molar-refractivity contribution in [1.29, 1.82) is 0 Å². The molecule has 6 rings (SSSR count). The highest BCUT2D eigenvalue weighted by Gasteiger charge is 2.62. The molecule has 2 aromatic heterocycles. The molecule has 4 amide bonds. The van der Waals surface area contributed by atoms with Gasteiger partial charge in [-0.3, -0.25) is 19.1 Å². The first-order chi connectivity index (χ1) is 25.5. The number of ether oxygens (including phenoxy) is 2. The summed E-state index contributed by atoms with van der Waals surface area (Å²) >= 11 is 1.38. The first kappa shape index (κ1) is 38.9. The maximum Gasteiger partial charge on any atom is 0.408 e. The Morgan fingerprint density at radius 2 is 1.78 bits per heavy atom. The van der Waals surface area contributed by atoms with Gasteiger partial charge in [0.1, 0.15) is 39.8 Å². The van der Waals surface area contributed by atoms with Gasteiger partial charge in [0, 0.05) is 36.0 Å². The quantitative estimate of drug-likeness (QED) is 0.214. The number of alkyl carbamates (subject to hydrolysis) is 1. The number of hydrogen-bond acceptors (Lipinski definition) is 12. The minimum absolute atomic E-state index is 0.0292. The molecule has 0 spiro atoms. The summed E-state index contributed by atoms with van der Waals surface area (Å²) < 4.78 is 38.3. The second-order valence-electron chi connectivity index (χ2n) is 15.3. The largest absolute Gasteiger partial charge is 0.497 e. The molecule has 1 aromatic carbocycles. The molecule has 0 bridgehead atoms. The molecule has 16 nitrogen and oxygen atoms in total. The Morgan fingerprint density at radius 1 is 1.09 bits per heavy atom. The topological polar surface area (TPSA) is 204 Å². The molecule has 1 saturated heterocycles.